The molecule has 0 aliphatic carbocycles. The van der Waals surface area contributed by atoms with Crippen LogP contribution < -0.4 is 20.7 Å². The molecule has 0 amide bonds. The Morgan fingerprint density at radius 2 is 1.62 bits per heavy atom. The van der Waals surface area contributed by atoms with E-state index in [0.29, 0.717) is 0 Å². The Labute approximate surface area is 125 Å². The number of hydrogen-bond donors (Lipinski definition) is 2. The second-order valence-corrected chi connectivity index (χ2v) is 5.07. The Morgan fingerprint density at radius 3 is 2.19 bits per heavy atom. The molecule has 0 aliphatic rings. The third-order valence-electron chi connectivity index (χ3n) is 3.62. The number of benzene rings is 2. The molecule has 112 valence electrons. The van der Waals surface area contributed by atoms with Crippen molar-refractivity contribution >= 4 is 0 Å². The molecule has 0 aromatic heterocycles. The predicted molar refractivity (Wildman–Crippen MR) is 84.6 cm³/mol. The van der Waals surface area contributed by atoms with Crippen molar-refractivity contribution in [3.05, 3.63) is 58.7 Å². The smallest absolute Gasteiger partial charge is 0.124 e. The summed E-state index contributed by atoms with van der Waals surface area (Å²) in [6.07, 6.45) is 0. The highest BCUT2D eigenvalue weighted by molar-refractivity contribution is 5.46. The minimum Gasteiger partial charge on any atom is -0.496 e. The first kappa shape index (κ1) is 15.4. The average molecular weight is 286 g/mol. The molecule has 3 N–H and O–H groups in total. The van der Waals surface area contributed by atoms with Crippen molar-refractivity contribution in [1.82, 2.24) is 5.43 Å². The van der Waals surface area contributed by atoms with Gasteiger partial charge < -0.3 is 9.47 Å². The van der Waals surface area contributed by atoms with E-state index in [1.54, 1.807) is 14.2 Å². The predicted octanol–water partition coefficient (Wildman–Crippen LogP) is 2.87. The van der Waals surface area contributed by atoms with Gasteiger partial charge in [0.05, 0.1) is 20.3 Å². The number of methoxy groups -OCH3 is 2. The van der Waals surface area contributed by atoms with E-state index in [4.69, 9.17) is 15.3 Å². The van der Waals surface area contributed by atoms with Gasteiger partial charge in [0.15, 0.2) is 0 Å². The van der Waals surface area contributed by atoms with Gasteiger partial charge >= 0.3 is 0 Å². The maximum Gasteiger partial charge on any atom is 0.124 e. The van der Waals surface area contributed by atoms with Crippen LogP contribution in [0.25, 0.3) is 0 Å². The lowest BCUT2D eigenvalue weighted by Gasteiger charge is -2.21. The lowest BCUT2D eigenvalue weighted by Crippen LogP contribution is -2.29. The molecule has 21 heavy (non-hydrogen) atoms. The zero-order chi connectivity index (χ0) is 15.4. The second-order valence-electron chi connectivity index (χ2n) is 5.07. The summed E-state index contributed by atoms with van der Waals surface area (Å²) in [5, 5.41) is 0. The molecule has 2 rings (SSSR count). The summed E-state index contributed by atoms with van der Waals surface area (Å²) in [6.45, 7) is 4.07. The monoisotopic (exact) mass is 286 g/mol. The molecular weight excluding hydrogens is 264 g/mol. The first-order valence-corrected chi connectivity index (χ1v) is 6.86. The summed E-state index contributed by atoms with van der Waals surface area (Å²) in [6, 6.07) is 12.0. The van der Waals surface area contributed by atoms with E-state index in [0.717, 1.165) is 33.8 Å². The summed E-state index contributed by atoms with van der Waals surface area (Å²) in [5.74, 6) is 7.48. The SMILES string of the molecule is COc1ccc(C(NN)c2cc(C)ccc2OC)cc1C. The number of nitrogens with two attached hydrogens (primary N) is 1. The van der Waals surface area contributed by atoms with E-state index in [2.05, 4.69) is 24.5 Å². The summed E-state index contributed by atoms with van der Waals surface area (Å²) < 4.78 is 10.8. The lowest BCUT2D eigenvalue weighted by molar-refractivity contribution is 0.403. The molecule has 1 unspecified atom stereocenters. The Morgan fingerprint density at radius 1 is 0.952 bits per heavy atom. The number of aryl methyl sites for hydroxylation is 2. The van der Waals surface area contributed by atoms with Gasteiger partial charge in [-0.15, -0.1) is 0 Å². The fourth-order valence-electron chi connectivity index (χ4n) is 2.53. The van der Waals surface area contributed by atoms with Gasteiger partial charge in [-0.05, 0) is 37.1 Å². The van der Waals surface area contributed by atoms with Crippen molar-refractivity contribution in [3.63, 3.8) is 0 Å². The Bertz CT molecular complexity index is 626. The number of rotatable bonds is 5. The third kappa shape index (κ3) is 3.17. The van der Waals surface area contributed by atoms with Gasteiger partial charge in [-0.25, -0.2) is 5.43 Å². The lowest BCUT2D eigenvalue weighted by atomic mass is 9.95. The van der Waals surface area contributed by atoms with Gasteiger partial charge in [-0.1, -0.05) is 29.8 Å². The molecular formula is C17H22N2O2. The van der Waals surface area contributed by atoms with Crippen LogP contribution in [-0.2, 0) is 0 Å². The Hall–Kier alpha value is -2.04. The molecule has 2 aromatic carbocycles. The highest BCUT2D eigenvalue weighted by Crippen LogP contribution is 2.32. The molecule has 4 heteroatoms. The van der Waals surface area contributed by atoms with Crippen LogP contribution >= 0.6 is 0 Å². The van der Waals surface area contributed by atoms with Crippen LogP contribution in [0.2, 0.25) is 0 Å². The van der Waals surface area contributed by atoms with Gasteiger partial charge in [0, 0.05) is 5.56 Å². The zero-order valence-electron chi connectivity index (χ0n) is 12.9. The standard InChI is InChI=1S/C17H22N2O2/c1-11-5-7-16(21-4)14(9-11)17(19-18)13-6-8-15(20-3)12(2)10-13/h5-10,17,19H,18H2,1-4H3. The fraction of sp³-hybridized carbons (Fsp3) is 0.294. The van der Waals surface area contributed by atoms with Crippen molar-refractivity contribution in [1.29, 1.82) is 0 Å². The van der Waals surface area contributed by atoms with Crippen LogP contribution in [0.5, 0.6) is 11.5 Å². The van der Waals surface area contributed by atoms with Crippen molar-refractivity contribution in [2.24, 2.45) is 5.84 Å². The molecule has 1 atom stereocenters. The van der Waals surface area contributed by atoms with Crippen molar-refractivity contribution < 1.29 is 9.47 Å². The molecule has 4 nitrogen and oxygen atoms in total. The van der Waals surface area contributed by atoms with Crippen LogP contribution in [0.1, 0.15) is 28.3 Å². The number of hydrogen-bond acceptors (Lipinski definition) is 4. The zero-order valence-corrected chi connectivity index (χ0v) is 12.9. The van der Waals surface area contributed by atoms with Gasteiger partial charge in [-0.2, -0.15) is 0 Å². The van der Waals surface area contributed by atoms with Crippen LogP contribution in [0, 0.1) is 13.8 Å². The van der Waals surface area contributed by atoms with E-state index >= 15 is 0 Å². The highest BCUT2D eigenvalue weighted by Gasteiger charge is 2.18. The molecule has 0 aliphatic heterocycles. The third-order valence-corrected chi connectivity index (χ3v) is 3.62. The first-order chi connectivity index (χ1) is 10.1. The van der Waals surface area contributed by atoms with Crippen molar-refractivity contribution in [3.8, 4) is 11.5 Å². The van der Waals surface area contributed by atoms with E-state index in [9.17, 15) is 0 Å². The van der Waals surface area contributed by atoms with E-state index in [1.165, 1.54) is 0 Å². The van der Waals surface area contributed by atoms with Crippen molar-refractivity contribution in [2.45, 2.75) is 19.9 Å². The summed E-state index contributed by atoms with van der Waals surface area (Å²) >= 11 is 0. The second kappa shape index (κ2) is 6.61. The fourth-order valence-corrected chi connectivity index (χ4v) is 2.53. The van der Waals surface area contributed by atoms with Crippen LogP contribution in [0.15, 0.2) is 36.4 Å². The number of ether oxygens (including phenoxy) is 2. The van der Waals surface area contributed by atoms with Gasteiger partial charge in [0.25, 0.3) is 0 Å². The summed E-state index contributed by atoms with van der Waals surface area (Å²) in [7, 11) is 3.34. The normalized spacial score (nSPS) is 12.0. The molecule has 2 aromatic rings. The van der Waals surface area contributed by atoms with Crippen LogP contribution in [-0.4, -0.2) is 14.2 Å². The van der Waals surface area contributed by atoms with Gasteiger partial charge in [0.2, 0.25) is 0 Å². The minimum absolute atomic E-state index is 0.135. The van der Waals surface area contributed by atoms with Gasteiger partial charge in [0.1, 0.15) is 11.5 Å². The Kier molecular flexibility index (Phi) is 4.83. The van der Waals surface area contributed by atoms with Crippen LogP contribution in [0.3, 0.4) is 0 Å². The molecule has 0 spiro atoms. The minimum atomic E-state index is -0.135. The van der Waals surface area contributed by atoms with E-state index in [-0.39, 0.29) is 6.04 Å². The highest BCUT2D eigenvalue weighted by atomic mass is 16.5. The maximum absolute atomic E-state index is 5.79. The van der Waals surface area contributed by atoms with E-state index in [1.807, 2.05) is 31.2 Å². The van der Waals surface area contributed by atoms with E-state index < -0.39 is 0 Å². The topological polar surface area (TPSA) is 56.5 Å². The van der Waals surface area contributed by atoms with Crippen LogP contribution in [0.4, 0.5) is 0 Å². The average Bonchev–Trinajstić information content (AvgIpc) is 2.48. The quantitative estimate of drug-likeness (QED) is 0.655. The molecule has 0 radical (unpaired) electrons. The van der Waals surface area contributed by atoms with Crippen molar-refractivity contribution in [2.75, 3.05) is 14.2 Å². The molecule has 0 bridgehead atoms. The summed E-state index contributed by atoms with van der Waals surface area (Å²) in [4.78, 5) is 0. The maximum atomic E-state index is 5.79. The molecule has 0 saturated carbocycles. The molecule has 0 heterocycles. The first-order valence-electron chi connectivity index (χ1n) is 6.86. The molecule has 0 saturated heterocycles. The number of nitrogens with one attached hydrogen (secondary N) is 1. The number of hydrazine groups is 1. The largest absolute Gasteiger partial charge is 0.496 e. The van der Waals surface area contributed by atoms with Gasteiger partial charge in [-0.3, -0.25) is 5.84 Å². The Balaban J connectivity index is 2.49. The summed E-state index contributed by atoms with van der Waals surface area (Å²) in [5.41, 5.74) is 7.20. The molecule has 0 fully saturated rings.